The lowest BCUT2D eigenvalue weighted by Crippen LogP contribution is -2.30. The van der Waals surface area contributed by atoms with Crippen LogP contribution in [0.25, 0.3) is 23.1 Å². The predicted octanol–water partition coefficient (Wildman–Crippen LogP) is 7.00. The number of ether oxygens (including phenoxy) is 1. The van der Waals surface area contributed by atoms with Gasteiger partial charge in [0.15, 0.2) is 0 Å². The Hall–Kier alpha value is -3.44. The first-order valence-electron chi connectivity index (χ1n) is 12.7. The average Bonchev–Trinajstić information content (AvgIpc) is 3.30. The van der Waals surface area contributed by atoms with Gasteiger partial charge in [0, 0.05) is 30.4 Å². The highest BCUT2D eigenvalue weighted by Gasteiger charge is 2.13. The number of nitrogens with one attached hydrogen (secondary N) is 2. The summed E-state index contributed by atoms with van der Waals surface area (Å²) in [6.07, 6.45) is 14.5. The van der Waals surface area contributed by atoms with Crippen molar-refractivity contribution in [1.82, 2.24) is 20.5 Å². The van der Waals surface area contributed by atoms with Crippen LogP contribution in [0.15, 0.2) is 60.9 Å². The number of aromatic nitrogens is 3. The van der Waals surface area contributed by atoms with Crippen LogP contribution in [0.4, 0.5) is 0 Å². The molecule has 4 aromatic rings. The number of hydrogen-bond acceptors (Lipinski definition) is 4. The number of rotatable bonds is 8. The number of pyridine rings is 1. The summed E-state index contributed by atoms with van der Waals surface area (Å²) >= 11 is 0. The van der Waals surface area contributed by atoms with Crippen molar-refractivity contribution in [1.29, 1.82) is 0 Å². The van der Waals surface area contributed by atoms with E-state index in [2.05, 4.69) is 76.8 Å². The number of aromatic amines is 1. The molecule has 0 spiro atoms. The maximum atomic E-state index is 6.26. The minimum Gasteiger partial charge on any atom is -0.486 e. The topological polar surface area (TPSA) is 62.8 Å². The molecule has 0 bridgehead atoms. The number of benzene rings is 2. The lowest BCUT2D eigenvalue weighted by Gasteiger charge is -2.22. The summed E-state index contributed by atoms with van der Waals surface area (Å²) in [5.41, 5.74) is 6.67. The number of aryl methyl sites for hydroxylation is 1. The highest BCUT2D eigenvalue weighted by Crippen LogP contribution is 2.28. The molecular weight excluding hydrogens is 432 g/mol. The van der Waals surface area contributed by atoms with Gasteiger partial charge >= 0.3 is 0 Å². The van der Waals surface area contributed by atoms with Crippen LogP contribution in [-0.4, -0.2) is 21.2 Å². The highest BCUT2D eigenvalue weighted by molar-refractivity contribution is 5.90. The maximum Gasteiger partial charge on any atom is 0.121 e. The van der Waals surface area contributed by atoms with Crippen LogP contribution in [0.2, 0.25) is 0 Å². The van der Waals surface area contributed by atoms with E-state index in [1.807, 2.05) is 30.6 Å². The van der Waals surface area contributed by atoms with Gasteiger partial charge in [0.2, 0.25) is 0 Å². The van der Waals surface area contributed by atoms with E-state index in [1.165, 1.54) is 37.7 Å². The summed E-state index contributed by atoms with van der Waals surface area (Å²) in [6.45, 7) is 5.07. The first-order valence-corrected chi connectivity index (χ1v) is 12.7. The van der Waals surface area contributed by atoms with E-state index in [-0.39, 0.29) is 6.10 Å². The van der Waals surface area contributed by atoms with Gasteiger partial charge in [0.25, 0.3) is 0 Å². The SMILES string of the molecule is Cc1cnccc1C(C)Oc1ccc2[nH]nc(/C=C/c3ccc(CNC4CCCCC4)cc3)c2c1. The van der Waals surface area contributed by atoms with E-state index in [4.69, 9.17) is 4.74 Å². The van der Waals surface area contributed by atoms with Gasteiger partial charge in [-0.15, -0.1) is 0 Å². The zero-order valence-electron chi connectivity index (χ0n) is 20.6. The van der Waals surface area contributed by atoms with Crippen molar-refractivity contribution in [3.8, 4) is 5.75 Å². The fraction of sp³-hybridized carbons (Fsp3) is 0.333. The Kier molecular flexibility index (Phi) is 7.24. The lowest BCUT2D eigenvalue weighted by molar-refractivity contribution is 0.226. The molecule has 1 atom stereocenters. The van der Waals surface area contributed by atoms with Crippen LogP contribution in [0.5, 0.6) is 5.75 Å². The second-order valence-electron chi connectivity index (χ2n) is 9.60. The van der Waals surface area contributed by atoms with E-state index in [9.17, 15) is 0 Å². The molecule has 1 fully saturated rings. The molecule has 1 aliphatic rings. The number of fused-ring (bicyclic) bond motifs is 1. The molecule has 0 aliphatic heterocycles. The molecule has 1 unspecified atom stereocenters. The van der Waals surface area contributed by atoms with Crippen molar-refractivity contribution in [2.24, 2.45) is 0 Å². The van der Waals surface area contributed by atoms with Crippen LogP contribution in [0, 0.1) is 6.92 Å². The molecule has 0 saturated heterocycles. The van der Waals surface area contributed by atoms with Crippen LogP contribution in [0.1, 0.15) is 73.1 Å². The number of nitrogens with zero attached hydrogens (tertiary/aromatic N) is 2. The molecule has 0 radical (unpaired) electrons. The molecule has 180 valence electrons. The number of H-pyrrole nitrogens is 1. The summed E-state index contributed by atoms with van der Waals surface area (Å²) in [7, 11) is 0. The fourth-order valence-electron chi connectivity index (χ4n) is 4.91. The molecule has 35 heavy (non-hydrogen) atoms. The standard InChI is InChI=1S/C30H34N4O/c1-21-19-31-17-16-27(21)22(2)35-26-13-15-30-28(18-26)29(33-34-30)14-12-23-8-10-24(11-9-23)20-32-25-6-4-3-5-7-25/h8-19,22,25,32H,3-7,20H2,1-2H3,(H,33,34)/b14-12+. The summed E-state index contributed by atoms with van der Waals surface area (Å²) in [5.74, 6) is 0.826. The van der Waals surface area contributed by atoms with Gasteiger partial charge in [-0.2, -0.15) is 5.10 Å². The van der Waals surface area contributed by atoms with Crippen molar-refractivity contribution in [2.75, 3.05) is 0 Å². The van der Waals surface area contributed by atoms with Crippen molar-refractivity contribution in [3.63, 3.8) is 0 Å². The van der Waals surface area contributed by atoms with Gasteiger partial charge in [0.1, 0.15) is 11.9 Å². The van der Waals surface area contributed by atoms with Crippen molar-refractivity contribution < 1.29 is 4.74 Å². The van der Waals surface area contributed by atoms with E-state index in [0.29, 0.717) is 6.04 Å². The second kappa shape index (κ2) is 10.9. The Morgan fingerprint density at radius 3 is 2.69 bits per heavy atom. The zero-order chi connectivity index (χ0) is 24.0. The molecule has 2 N–H and O–H groups in total. The molecule has 1 saturated carbocycles. The van der Waals surface area contributed by atoms with Gasteiger partial charge < -0.3 is 10.1 Å². The second-order valence-corrected chi connectivity index (χ2v) is 9.60. The molecule has 2 heterocycles. The molecule has 0 amide bonds. The lowest BCUT2D eigenvalue weighted by atomic mass is 9.95. The Balaban J connectivity index is 1.25. The normalized spacial score (nSPS) is 15.6. The molecule has 2 aromatic carbocycles. The summed E-state index contributed by atoms with van der Waals surface area (Å²) in [6, 6.07) is 17.6. The van der Waals surface area contributed by atoms with E-state index in [1.54, 1.807) is 0 Å². The fourth-order valence-corrected chi connectivity index (χ4v) is 4.91. The van der Waals surface area contributed by atoms with Crippen LogP contribution in [0.3, 0.4) is 0 Å². The Labute approximate surface area is 207 Å². The minimum atomic E-state index is -0.0625. The Bertz CT molecular complexity index is 1290. The number of hydrogen-bond donors (Lipinski definition) is 2. The molecule has 5 rings (SSSR count). The zero-order valence-corrected chi connectivity index (χ0v) is 20.6. The summed E-state index contributed by atoms with van der Waals surface area (Å²) in [4.78, 5) is 4.18. The smallest absolute Gasteiger partial charge is 0.121 e. The minimum absolute atomic E-state index is 0.0625. The van der Waals surface area contributed by atoms with Gasteiger partial charge in [-0.25, -0.2) is 0 Å². The quantitative estimate of drug-likeness (QED) is 0.293. The van der Waals surface area contributed by atoms with Crippen LogP contribution >= 0.6 is 0 Å². The third-order valence-corrected chi connectivity index (χ3v) is 6.99. The molecule has 5 nitrogen and oxygen atoms in total. The van der Waals surface area contributed by atoms with Crippen molar-refractivity contribution in [3.05, 3.63) is 88.9 Å². The molecule has 2 aromatic heterocycles. The Morgan fingerprint density at radius 1 is 1.06 bits per heavy atom. The maximum absolute atomic E-state index is 6.26. The predicted molar refractivity (Wildman–Crippen MR) is 143 cm³/mol. The largest absolute Gasteiger partial charge is 0.486 e. The van der Waals surface area contributed by atoms with Crippen LogP contribution in [-0.2, 0) is 6.54 Å². The monoisotopic (exact) mass is 466 g/mol. The molecule has 1 aliphatic carbocycles. The third-order valence-electron chi connectivity index (χ3n) is 6.99. The summed E-state index contributed by atoms with van der Waals surface area (Å²) < 4.78 is 6.26. The first-order chi connectivity index (χ1) is 17.2. The average molecular weight is 467 g/mol. The Morgan fingerprint density at radius 2 is 1.89 bits per heavy atom. The van der Waals surface area contributed by atoms with Crippen molar-refractivity contribution in [2.45, 2.75) is 64.6 Å². The van der Waals surface area contributed by atoms with Gasteiger partial charge in [-0.05, 0) is 79.3 Å². The van der Waals surface area contributed by atoms with Gasteiger partial charge in [-0.1, -0.05) is 49.6 Å². The van der Waals surface area contributed by atoms with E-state index < -0.39 is 0 Å². The molecule has 5 heteroatoms. The van der Waals surface area contributed by atoms with Crippen LogP contribution < -0.4 is 10.1 Å². The third kappa shape index (κ3) is 5.80. The first kappa shape index (κ1) is 23.3. The van der Waals surface area contributed by atoms with Gasteiger partial charge in [-0.3, -0.25) is 10.1 Å². The summed E-state index contributed by atoms with van der Waals surface area (Å²) in [5, 5.41) is 12.4. The van der Waals surface area contributed by atoms with E-state index in [0.717, 1.165) is 45.6 Å². The highest BCUT2D eigenvalue weighted by atomic mass is 16.5. The van der Waals surface area contributed by atoms with Gasteiger partial charge in [0.05, 0.1) is 11.2 Å². The molecular formula is C30H34N4O. The van der Waals surface area contributed by atoms with E-state index >= 15 is 0 Å². The van der Waals surface area contributed by atoms with Crippen molar-refractivity contribution >= 4 is 23.1 Å².